The second-order valence-electron chi connectivity index (χ2n) is 6.32. The Hall–Kier alpha value is -3.35. The number of methoxy groups -OCH3 is 1. The molecule has 3 aromatic rings. The molecule has 140 valence electrons. The summed E-state index contributed by atoms with van der Waals surface area (Å²) in [5.74, 6) is 1.44. The van der Waals surface area contributed by atoms with Crippen LogP contribution in [0.15, 0.2) is 55.1 Å². The number of carbonyl (C=O) groups is 1. The topological polar surface area (TPSA) is 78.3 Å². The van der Waals surface area contributed by atoms with Crippen LogP contribution in [-0.2, 0) is 4.79 Å². The molecular formula is C20H22N4O3. The number of aromatic nitrogens is 3. The summed E-state index contributed by atoms with van der Waals surface area (Å²) < 4.78 is 12.6. The number of amides is 1. The number of hydrogen-bond acceptors (Lipinski definition) is 5. The zero-order valence-corrected chi connectivity index (χ0v) is 15.5. The Morgan fingerprint density at radius 1 is 1.11 bits per heavy atom. The van der Waals surface area contributed by atoms with Crippen molar-refractivity contribution >= 4 is 11.6 Å². The van der Waals surface area contributed by atoms with Crippen LogP contribution in [0.2, 0.25) is 0 Å². The summed E-state index contributed by atoms with van der Waals surface area (Å²) in [5.41, 5.74) is 2.63. The van der Waals surface area contributed by atoms with Crippen LogP contribution in [0.5, 0.6) is 11.5 Å². The number of anilines is 1. The van der Waals surface area contributed by atoms with Gasteiger partial charge >= 0.3 is 0 Å². The molecule has 0 aliphatic carbocycles. The first-order valence-corrected chi connectivity index (χ1v) is 8.62. The van der Waals surface area contributed by atoms with E-state index in [0.717, 1.165) is 17.0 Å². The van der Waals surface area contributed by atoms with Crippen molar-refractivity contribution in [1.82, 2.24) is 14.8 Å². The Morgan fingerprint density at radius 2 is 1.81 bits per heavy atom. The van der Waals surface area contributed by atoms with E-state index >= 15 is 0 Å². The number of nitrogens with zero attached hydrogens (tertiary/aromatic N) is 3. The van der Waals surface area contributed by atoms with Gasteiger partial charge in [-0.2, -0.15) is 0 Å². The number of carbonyl (C=O) groups excluding carboxylic acids is 1. The first kappa shape index (κ1) is 18.4. The first-order valence-electron chi connectivity index (χ1n) is 8.62. The molecule has 1 N–H and O–H groups in total. The molecule has 3 rings (SSSR count). The average molecular weight is 366 g/mol. The fourth-order valence-electron chi connectivity index (χ4n) is 2.56. The number of hydrogen-bond donors (Lipinski definition) is 1. The summed E-state index contributed by atoms with van der Waals surface area (Å²) in [6, 6.07) is 13.0. The molecular weight excluding hydrogens is 344 g/mol. The standard InChI is InChI=1S/C20H22N4O3/c1-14(2)15-4-9-19(18(10-15)24-12-21-22-13-24)27-11-20(25)23-16-5-7-17(26-3)8-6-16/h4-10,12-14H,11H2,1-3H3,(H,23,25). The van der Waals surface area contributed by atoms with Gasteiger partial charge in [-0.1, -0.05) is 19.9 Å². The van der Waals surface area contributed by atoms with Crippen molar-refractivity contribution in [2.45, 2.75) is 19.8 Å². The third kappa shape index (κ3) is 4.63. The van der Waals surface area contributed by atoms with Gasteiger partial charge in [-0.15, -0.1) is 10.2 Å². The van der Waals surface area contributed by atoms with Gasteiger partial charge in [0.1, 0.15) is 24.2 Å². The van der Waals surface area contributed by atoms with Gasteiger partial charge in [0.2, 0.25) is 0 Å². The second-order valence-corrected chi connectivity index (χ2v) is 6.32. The van der Waals surface area contributed by atoms with Crippen molar-refractivity contribution in [3.8, 4) is 17.2 Å². The number of benzene rings is 2. The summed E-state index contributed by atoms with van der Waals surface area (Å²) in [7, 11) is 1.60. The maximum atomic E-state index is 12.2. The molecule has 7 nitrogen and oxygen atoms in total. The van der Waals surface area contributed by atoms with E-state index in [-0.39, 0.29) is 12.5 Å². The van der Waals surface area contributed by atoms with Gasteiger partial charge < -0.3 is 14.8 Å². The van der Waals surface area contributed by atoms with Gasteiger partial charge in [0.15, 0.2) is 6.61 Å². The normalized spacial score (nSPS) is 10.7. The fourth-order valence-corrected chi connectivity index (χ4v) is 2.56. The zero-order valence-electron chi connectivity index (χ0n) is 15.5. The monoisotopic (exact) mass is 366 g/mol. The van der Waals surface area contributed by atoms with E-state index in [1.54, 1.807) is 48.6 Å². The van der Waals surface area contributed by atoms with Crippen LogP contribution in [0.4, 0.5) is 5.69 Å². The van der Waals surface area contributed by atoms with Crippen LogP contribution in [0.3, 0.4) is 0 Å². The van der Waals surface area contributed by atoms with Crippen molar-refractivity contribution in [3.05, 3.63) is 60.7 Å². The van der Waals surface area contributed by atoms with E-state index in [0.29, 0.717) is 17.4 Å². The summed E-state index contributed by atoms with van der Waals surface area (Å²) in [6.07, 6.45) is 3.20. The highest BCUT2D eigenvalue weighted by Crippen LogP contribution is 2.27. The van der Waals surface area contributed by atoms with E-state index in [1.165, 1.54) is 0 Å². The second kappa shape index (κ2) is 8.35. The molecule has 1 amide bonds. The highest BCUT2D eigenvalue weighted by molar-refractivity contribution is 5.91. The molecule has 27 heavy (non-hydrogen) atoms. The van der Waals surface area contributed by atoms with Gasteiger partial charge in [-0.3, -0.25) is 9.36 Å². The lowest BCUT2D eigenvalue weighted by Gasteiger charge is -2.15. The van der Waals surface area contributed by atoms with Crippen LogP contribution < -0.4 is 14.8 Å². The smallest absolute Gasteiger partial charge is 0.262 e. The lowest BCUT2D eigenvalue weighted by atomic mass is 10.0. The van der Waals surface area contributed by atoms with Crippen molar-refractivity contribution in [3.63, 3.8) is 0 Å². The Bertz CT molecular complexity index is 890. The first-order chi connectivity index (χ1) is 13.1. The molecule has 7 heteroatoms. The van der Waals surface area contributed by atoms with Crippen LogP contribution in [0.1, 0.15) is 25.3 Å². The van der Waals surface area contributed by atoms with Crippen LogP contribution in [0, 0.1) is 0 Å². The summed E-state index contributed by atoms with van der Waals surface area (Å²) in [6.45, 7) is 4.13. The molecule has 1 aromatic heterocycles. The molecule has 0 spiro atoms. The largest absolute Gasteiger partial charge is 0.497 e. The SMILES string of the molecule is COc1ccc(NC(=O)COc2ccc(C(C)C)cc2-n2cnnc2)cc1. The molecule has 0 atom stereocenters. The Morgan fingerprint density at radius 3 is 2.44 bits per heavy atom. The third-order valence-electron chi connectivity index (χ3n) is 4.08. The van der Waals surface area contributed by atoms with Crippen LogP contribution in [-0.4, -0.2) is 34.4 Å². The van der Waals surface area contributed by atoms with Crippen molar-refractivity contribution in [2.75, 3.05) is 19.0 Å². The molecule has 0 radical (unpaired) electrons. The summed E-state index contributed by atoms with van der Waals surface area (Å²) in [5, 5.41) is 10.5. The lowest BCUT2D eigenvalue weighted by molar-refractivity contribution is -0.118. The fraction of sp³-hybridized carbons (Fsp3) is 0.250. The maximum Gasteiger partial charge on any atom is 0.262 e. The third-order valence-corrected chi connectivity index (χ3v) is 4.08. The summed E-state index contributed by atoms with van der Waals surface area (Å²) >= 11 is 0. The maximum absolute atomic E-state index is 12.2. The van der Waals surface area contributed by atoms with Crippen LogP contribution >= 0.6 is 0 Å². The highest BCUT2D eigenvalue weighted by atomic mass is 16.5. The van der Waals surface area contributed by atoms with E-state index in [4.69, 9.17) is 9.47 Å². The molecule has 0 saturated carbocycles. The number of rotatable bonds is 7. The number of ether oxygens (including phenoxy) is 2. The quantitative estimate of drug-likeness (QED) is 0.693. The van der Waals surface area contributed by atoms with Crippen molar-refractivity contribution < 1.29 is 14.3 Å². The molecule has 0 unspecified atom stereocenters. The average Bonchev–Trinajstić information content (AvgIpc) is 3.21. The number of nitrogens with one attached hydrogen (secondary N) is 1. The van der Waals surface area contributed by atoms with E-state index < -0.39 is 0 Å². The zero-order chi connectivity index (χ0) is 19.2. The van der Waals surface area contributed by atoms with E-state index in [9.17, 15) is 4.79 Å². The van der Waals surface area contributed by atoms with Crippen molar-refractivity contribution in [1.29, 1.82) is 0 Å². The molecule has 0 aliphatic rings. The lowest BCUT2D eigenvalue weighted by Crippen LogP contribution is -2.20. The van der Waals surface area contributed by atoms with E-state index in [2.05, 4.69) is 29.4 Å². The predicted octanol–water partition coefficient (Wildman–Crippen LogP) is 3.42. The van der Waals surface area contributed by atoms with E-state index in [1.807, 2.05) is 18.2 Å². The van der Waals surface area contributed by atoms with Gasteiger partial charge in [0, 0.05) is 5.69 Å². The molecule has 1 heterocycles. The Kier molecular flexibility index (Phi) is 5.71. The Balaban J connectivity index is 1.70. The minimum absolute atomic E-state index is 0.109. The molecule has 0 saturated heterocycles. The molecule has 0 bridgehead atoms. The molecule has 0 fully saturated rings. The van der Waals surface area contributed by atoms with Gasteiger partial charge in [0.05, 0.1) is 12.8 Å². The van der Waals surface area contributed by atoms with Crippen molar-refractivity contribution in [2.24, 2.45) is 0 Å². The van der Waals surface area contributed by atoms with Gasteiger partial charge in [-0.25, -0.2) is 0 Å². The van der Waals surface area contributed by atoms with Gasteiger partial charge in [-0.05, 0) is 47.9 Å². The predicted molar refractivity (Wildman–Crippen MR) is 103 cm³/mol. The Labute approximate surface area is 158 Å². The minimum Gasteiger partial charge on any atom is -0.497 e. The molecule has 2 aromatic carbocycles. The molecule has 0 aliphatic heterocycles. The van der Waals surface area contributed by atoms with Crippen LogP contribution in [0.25, 0.3) is 5.69 Å². The highest BCUT2D eigenvalue weighted by Gasteiger charge is 2.12. The van der Waals surface area contributed by atoms with Gasteiger partial charge in [0.25, 0.3) is 5.91 Å². The minimum atomic E-state index is -0.247. The summed E-state index contributed by atoms with van der Waals surface area (Å²) in [4.78, 5) is 12.2.